The Balaban J connectivity index is 1.56. The van der Waals surface area contributed by atoms with E-state index in [1.165, 1.54) is 10.4 Å². The first-order chi connectivity index (χ1) is 13.0. The first kappa shape index (κ1) is 19.9. The Morgan fingerprint density at radius 3 is 2.48 bits per heavy atom. The third kappa shape index (κ3) is 5.09. The van der Waals surface area contributed by atoms with Crippen molar-refractivity contribution in [3.8, 4) is 0 Å². The minimum atomic E-state index is -3.52. The predicted octanol–water partition coefficient (Wildman–Crippen LogP) is 3.49. The molecule has 0 aromatic heterocycles. The molecular formula is C20H23ClN2O3S. The Labute approximate surface area is 165 Å². The number of amides is 1. The van der Waals surface area contributed by atoms with Gasteiger partial charge in [0, 0.05) is 30.2 Å². The van der Waals surface area contributed by atoms with Crippen LogP contribution in [0.1, 0.15) is 35.2 Å². The van der Waals surface area contributed by atoms with Crippen LogP contribution in [0.3, 0.4) is 0 Å². The van der Waals surface area contributed by atoms with Crippen molar-refractivity contribution in [3.63, 3.8) is 0 Å². The van der Waals surface area contributed by atoms with Gasteiger partial charge < -0.3 is 5.32 Å². The van der Waals surface area contributed by atoms with E-state index in [0.29, 0.717) is 30.2 Å². The molecule has 0 radical (unpaired) electrons. The van der Waals surface area contributed by atoms with E-state index >= 15 is 0 Å². The Bertz CT molecular complexity index is 892. The molecule has 27 heavy (non-hydrogen) atoms. The summed E-state index contributed by atoms with van der Waals surface area (Å²) < 4.78 is 26.8. The van der Waals surface area contributed by atoms with Gasteiger partial charge in [0.2, 0.25) is 10.0 Å². The van der Waals surface area contributed by atoms with E-state index in [9.17, 15) is 13.2 Å². The fourth-order valence-corrected chi connectivity index (χ4v) is 4.81. The third-order valence-corrected chi connectivity index (χ3v) is 6.79. The van der Waals surface area contributed by atoms with Crippen LogP contribution in [0.15, 0.2) is 53.4 Å². The molecule has 2 aromatic rings. The van der Waals surface area contributed by atoms with Crippen molar-refractivity contribution >= 4 is 27.5 Å². The Morgan fingerprint density at radius 2 is 1.78 bits per heavy atom. The smallest absolute Gasteiger partial charge is 0.251 e. The van der Waals surface area contributed by atoms with Crippen molar-refractivity contribution in [2.75, 3.05) is 19.6 Å². The molecule has 1 aliphatic rings. The zero-order valence-corrected chi connectivity index (χ0v) is 16.6. The molecule has 0 aliphatic carbocycles. The van der Waals surface area contributed by atoms with Crippen molar-refractivity contribution in [1.82, 2.24) is 9.62 Å². The largest absolute Gasteiger partial charge is 0.352 e. The Kier molecular flexibility index (Phi) is 6.52. The van der Waals surface area contributed by atoms with Gasteiger partial charge in [0.05, 0.1) is 4.90 Å². The number of carbonyl (C=O) groups excluding carboxylic acids is 1. The van der Waals surface area contributed by atoms with Gasteiger partial charge in [-0.2, -0.15) is 4.31 Å². The van der Waals surface area contributed by atoms with E-state index < -0.39 is 10.0 Å². The summed E-state index contributed by atoms with van der Waals surface area (Å²) in [5.74, 6) is -0.260. The standard InChI is InChI=1S/C20H23ClN2O3S/c21-18-10-8-16(9-11-18)5-4-12-22-20(24)17-6-3-7-19(15-17)27(25,26)23-13-1-2-14-23/h3,6-11,15H,1-2,4-5,12-14H2,(H,22,24). The number of nitrogens with one attached hydrogen (secondary N) is 1. The molecule has 1 aliphatic heterocycles. The molecule has 0 spiro atoms. The number of hydrogen-bond donors (Lipinski definition) is 1. The number of sulfonamides is 1. The molecule has 1 heterocycles. The molecule has 2 aromatic carbocycles. The van der Waals surface area contributed by atoms with E-state index in [0.717, 1.165) is 31.2 Å². The van der Waals surface area contributed by atoms with Crippen molar-refractivity contribution in [2.45, 2.75) is 30.6 Å². The van der Waals surface area contributed by atoms with Gasteiger partial charge in [-0.05, 0) is 61.6 Å². The predicted molar refractivity (Wildman–Crippen MR) is 107 cm³/mol. The van der Waals surface area contributed by atoms with Gasteiger partial charge in [-0.25, -0.2) is 8.42 Å². The lowest BCUT2D eigenvalue weighted by molar-refractivity contribution is 0.0953. The van der Waals surface area contributed by atoms with Crippen molar-refractivity contribution in [1.29, 1.82) is 0 Å². The number of nitrogens with zero attached hydrogens (tertiary/aromatic N) is 1. The van der Waals surface area contributed by atoms with Crippen molar-refractivity contribution in [2.24, 2.45) is 0 Å². The molecular weight excluding hydrogens is 384 g/mol. The fourth-order valence-electron chi connectivity index (χ4n) is 3.12. The van der Waals surface area contributed by atoms with E-state index in [4.69, 9.17) is 11.6 Å². The summed E-state index contributed by atoms with van der Waals surface area (Å²) in [5, 5.41) is 3.56. The average molecular weight is 407 g/mol. The van der Waals surface area contributed by atoms with Crippen LogP contribution in [0, 0.1) is 0 Å². The summed E-state index contributed by atoms with van der Waals surface area (Å²) in [6, 6.07) is 13.9. The summed E-state index contributed by atoms with van der Waals surface area (Å²) in [4.78, 5) is 12.5. The molecule has 1 saturated heterocycles. The second kappa shape index (κ2) is 8.87. The van der Waals surface area contributed by atoms with E-state index in [1.54, 1.807) is 18.2 Å². The van der Waals surface area contributed by atoms with Crippen molar-refractivity contribution in [3.05, 3.63) is 64.7 Å². The lowest BCUT2D eigenvalue weighted by Gasteiger charge is -2.16. The number of aryl methyl sites for hydroxylation is 1. The van der Waals surface area contributed by atoms with Crippen molar-refractivity contribution < 1.29 is 13.2 Å². The number of carbonyl (C=O) groups is 1. The molecule has 1 amide bonds. The molecule has 1 N–H and O–H groups in total. The molecule has 0 saturated carbocycles. The maximum atomic E-state index is 12.6. The van der Waals surface area contributed by atoms with E-state index in [-0.39, 0.29) is 10.8 Å². The highest BCUT2D eigenvalue weighted by atomic mass is 35.5. The number of halogens is 1. The van der Waals surface area contributed by atoms with Crippen LogP contribution in [0.5, 0.6) is 0 Å². The quantitative estimate of drug-likeness (QED) is 0.716. The van der Waals surface area contributed by atoms with Crippen LogP contribution in [-0.2, 0) is 16.4 Å². The van der Waals surface area contributed by atoms with Crippen LogP contribution >= 0.6 is 11.6 Å². The molecule has 0 atom stereocenters. The molecule has 5 nitrogen and oxygen atoms in total. The van der Waals surface area contributed by atoms with Crippen LogP contribution < -0.4 is 5.32 Å². The minimum Gasteiger partial charge on any atom is -0.352 e. The Morgan fingerprint density at radius 1 is 1.07 bits per heavy atom. The average Bonchev–Trinajstić information content (AvgIpc) is 3.22. The highest BCUT2D eigenvalue weighted by Crippen LogP contribution is 2.21. The third-order valence-electron chi connectivity index (χ3n) is 4.64. The van der Waals surface area contributed by atoms with Crippen LogP contribution in [0.2, 0.25) is 5.02 Å². The summed E-state index contributed by atoms with van der Waals surface area (Å²) in [6.45, 7) is 1.61. The zero-order valence-electron chi connectivity index (χ0n) is 15.0. The van der Waals surface area contributed by atoms with E-state index in [2.05, 4.69) is 5.32 Å². The summed E-state index contributed by atoms with van der Waals surface area (Å²) >= 11 is 5.87. The number of benzene rings is 2. The fraction of sp³-hybridized carbons (Fsp3) is 0.350. The van der Waals surface area contributed by atoms with Gasteiger partial charge >= 0.3 is 0 Å². The lowest BCUT2D eigenvalue weighted by Crippen LogP contribution is -2.29. The summed E-state index contributed by atoms with van der Waals surface area (Å²) in [5.41, 5.74) is 1.52. The second-order valence-corrected chi connectivity index (χ2v) is 9.00. The molecule has 3 rings (SSSR count). The first-order valence-corrected chi connectivity index (χ1v) is 10.9. The van der Waals surface area contributed by atoms with E-state index in [1.807, 2.05) is 24.3 Å². The molecule has 144 valence electrons. The van der Waals surface area contributed by atoms with Crippen LogP contribution in [0.4, 0.5) is 0 Å². The van der Waals surface area contributed by atoms with Gasteiger partial charge in [0.1, 0.15) is 0 Å². The molecule has 0 unspecified atom stereocenters. The highest BCUT2D eigenvalue weighted by molar-refractivity contribution is 7.89. The highest BCUT2D eigenvalue weighted by Gasteiger charge is 2.27. The Hall–Kier alpha value is -1.89. The zero-order chi connectivity index (χ0) is 19.3. The first-order valence-electron chi connectivity index (χ1n) is 9.10. The lowest BCUT2D eigenvalue weighted by atomic mass is 10.1. The SMILES string of the molecule is O=C(NCCCc1ccc(Cl)cc1)c1cccc(S(=O)(=O)N2CCCC2)c1. The maximum absolute atomic E-state index is 12.6. The normalized spacial score (nSPS) is 15.0. The van der Waals surface area contributed by atoms with Gasteiger partial charge in [-0.1, -0.05) is 29.8 Å². The molecule has 7 heteroatoms. The van der Waals surface area contributed by atoms with Gasteiger partial charge in [-0.15, -0.1) is 0 Å². The van der Waals surface area contributed by atoms with Gasteiger partial charge in [-0.3, -0.25) is 4.79 Å². The molecule has 0 bridgehead atoms. The number of hydrogen-bond acceptors (Lipinski definition) is 3. The molecule has 1 fully saturated rings. The topological polar surface area (TPSA) is 66.5 Å². The minimum absolute atomic E-state index is 0.179. The monoisotopic (exact) mass is 406 g/mol. The van der Waals surface area contributed by atoms with Crippen LogP contribution in [0.25, 0.3) is 0 Å². The maximum Gasteiger partial charge on any atom is 0.251 e. The summed E-state index contributed by atoms with van der Waals surface area (Å²) in [7, 11) is -3.52. The van der Waals surface area contributed by atoms with Gasteiger partial charge in [0.15, 0.2) is 0 Å². The number of rotatable bonds is 7. The van der Waals surface area contributed by atoms with Gasteiger partial charge in [0.25, 0.3) is 5.91 Å². The summed E-state index contributed by atoms with van der Waals surface area (Å²) in [6.07, 6.45) is 3.39. The van der Waals surface area contributed by atoms with Crippen LogP contribution in [-0.4, -0.2) is 38.3 Å². The second-order valence-electron chi connectivity index (χ2n) is 6.62.